The third-order valence-corrected chi connectivity index (χ3v) is 7.16. The normalized spacial score (nSPS) is 34.2. The topological polar surface area (TPSA) is 249 Å². The lowest BCUT2D eigenvalue weighted by Gasteiger charge is -2.42. The predicted molar refractivity (Wildman–Crippen MR) is 135 cm³/mol. The van der Waals surface area contributed by atoms with Crippen molar-refractivity contribution in [3.63, 3.8) is 0 Å². The van der Waals surface area contributed by atoms with E-state index in [0.717, 1.165) is 6.07 Å². The van der Waals surface area contributed by atoms with Gasteiger partial charge in [-0.15, -0.1) is 0 Å². The molecule has 0 aliphatic carbocycles. The van der Waals surface area contributed by atoms with E-state index in [2.05, 4.69) is 0 Å². The van der Waals surface area contributed by atoms with Gasteiger partial charge in [0.1, 0.15) is 82.8 Å². The second-order valence-electron chi connectivity index (χ2n) is 10.0. The molecular formula is C26H30O15. The summed E-state index contributed by atoms with van der Waals surface area (Å²) in [7, 11) is 0. The molecular weight excluding hydrogens is 552 g/mol. The average molecular weight is 583 g/mol. The summed E-state index contributed by atoms with van der Waals surface area (Å²) in [6.45, 7) is 0.285. The van der Waals surface area contributed by atoms with Gasteiger partial charge in [-0.05, 0) is 24.4 Å². The molecule has 3 aromatic rings. The maximum absolute atomic E-state index is 12.5. The fourth-order valence-corrected chi connectivity index (χ4v) is 4.99. The number of aromatic hydroxyl groups is 2. The molecule has 5 rings (SSSR count). The first-order valence-corrected chi connectivity index (χ1v) is 12.6. The van der Waals surface area contributed by atoms with Crippen LogP contribution in [0.15, 0.2) is 33.5 Å². The van der Waals surface area contributed by atoms with E-state index in [-0.39, 0.29) is 33.2 Å². The molecule has 2 aliphatic heterocycles. The molecule has 2 fully saturated rings. The minimum absolute atomic E-state index is 0.0445. The number of benzene rings is 2. The first-order valence-electron chi connectivity index (χ1n) is 12.6. The number of aryl methyl sites for hydroxylation is 1. The molecule has 0 unspecified atom stereocenters. The van der Waals surface area contributed by atoms with Crippen molar-refractivity contribution in [2.75, 3.05) is 13.2 Å². The van der Waals surface area contributed by atoms with Crippen molar-refractivity contribution in [3.8, 4) is 17.2 Å². The first kappa shape index (κ1) is 29.4. The highest BCUT2D eigenvalue weighted by molar-refractivity contribution is 6.07. The molecule has 10 atom stereocenters. The van der Waals surface area contributed by atoms with Gasteiger partial charge in [-0.1, -0.05) is 0 Å². The number of ether oxygens (including phenoxy) is 4. The van der Waals surface area contributed by atoms with E-state index in [1.54, 1.807) is 6.92 Å². The molecule has 2 saturated heterocycles. The summed E-state index contributed by atoms with van der Waals surface area (Å²) in [4.78, 5) is 12.5. The molecule has 0 saturated carbocycles. The van der Waals surface area contributed by atoms with Crippen LogP contribution in [0.5, 0.6) is 17.2 Å². The summed E-state index contributed by atoms with van der Waals surface area (Å²) in [5.41, 5.74) is -0.474. The van der Waals surface area contributed by atoms with E-state index >= 15 is 0 Å². The smallest absolute Gasteiger partial charge is 0.229 e. The fraction of sp³-hybridized carbons (Fsp3) is 0.500. The maximum Gasteiger partial charge on any atom is 0.229 e. The average Bonchev–Trinajstić information content (AvgIpc) is 2.91. The highest BCUT2D eigenvalue weighted by Crippen LogP contribution is 2.43. The Hall–Kier alpha value is -3.09. The quantitative estimate of drug-likeness (QED) is 0.138. The number of fused-ring (bicyclic) bond motifs is 2. The molecule has 1 aromatic heterocycles. The number of aliphatic hydroxyl groups excluding tert-OH is 7. The Balaban J connectivity index is 1.42. The second kappa shape index (κ2) is 11.3. The number of rotatable bonds is 6. The van der Waals surface area contributed by atoms with Crippen molar-refractivity contribution in [2.45, 2.75) is 68.3 Å². The summed E-state index contributed by atoms with van der Waals surface area (Å²) in [5, 5.41) is 92.4. The lowest BCUT2D eigenvalue weighted by Crippen LogP contribution is -2.62. The van der Waals surface area contributed by atoms with Crippen LogP contribution in [0.3, 0.4) is 0 Å². The predicted octanol–water partition coefficient (Wildman–Crippen LogP) is -2.33. The van der Waals surface area contributed by atoms with E-state index in [4.69, 9.17) is 23.4 Å². The number of phenols is 1. The minimum atomic E-state index is -1.85. The van der Waals surface area contributed by atoms with Crippen LogP contribution in [0.1, 0.15) is 5.76 Å². The molecule has 15 nitrogen and oxygen atoms in total. The Morgan fingerprint density at radius 2 is 1.41 bits per heavy atom. The van der Waals surface area contributed by atoms with Crippen LogP contribution in [0, 0.1) is 6.92 Å². The maximum atomic E-state index is 12.5. The zero-order valence-corrected chi connectivity index (χ0v) is 21.5. The third-order valence-electron chi connectivity index (χ3n) is 7.16. The summed E-state index contributed by atoms with van der Waals surface area (Å²) >= 11 is 0. The van der Waals surface area contributed by atoms with Crippen LogP contribution in [-0.4, -0.2) is 121 Å². The van der Waals surface area contributed by atoms with Gasteiger partial charge in [-0.25, -0.2) is 0 Å². The minimum Gasteiger partial charge on any atom is -0.507 e. The van der Waals surface area contributed by atoms with Gasteiger partial charge in [0.15, 0.2) is 11.7 Å². The van der Waals surface area contributed by atoms with Gasteiger partial charge in [-0.3, -0.25) is 4.79 Å². The summed E-state index contributed by atoms with van der Waals surface area (Å²) in [5.74, 6) is -0.750. The van der Waals surface area contributed by atoms with Crippen molar-refractivity contribution in [1.82, 2.24) is 0 Å². The van der Waals surface area contributed by atoms with Crippen molar-refractivity contribution in [1.29, 1.82) is 0 Å². The van der Waals surface area contributed by atoms with Gasteiger partial charge in [0, 0.05) is 12.1 Å². The monoisotopic (exact) mass is 582 g/mol. The van der Waals surface area contributed by atoms with Gasteiger partial charge in [0.25, 0.3) is 0 Å². The molecule has 41 heavy (non-hydrogen) atoms. The van der Waals surface area contributed by atoms with Crippen molar-refractivity contribution in [2.24, 2.45) is 0 Å². The summed E-state index contributed by atoms with van der Waals surface area (Å²) < 4.78 is 27.5. The summed E-state index contributed by atoms with van der Waals surface area (Å²) in [6, 6.07) is 4.86. The lowest BCUT2D eigenvalue weighted by atomic mass is 9.98. The highest BCUT2D eigenvalue weighted by Gasteiger charge is 2.48. The molecule has 2 aliphatic rings. The molecule has 0 amide bonds. The van der Waals surface area contributed by atoms with E-state index < -0.39 is 85.8 Å². The van der Waals surface area contributed by atoms with Crippen LogP contribution in [-0.2, 0) is 14.2 Å². The van der Waals surface area contributed by atoms with E-state index in [1.165, 1.54) is 18.2 Å². The Morgan fingerprint density at radius 3 is 2.10 bits per heavy atom. The number of phenolic OH excluding ortho intramolecular Hbond substituents is 1. The zero-order chi connectivity index (χ0) is 29.7. The Labute approximate surface area is 230 Å². The van der Waals surface area contributed by atoms with Crippen molar-refractivity contribution >= 4 is 21.7 Å². The van der Waals surface area contributed by atoms with Gasteiger partial charge in [0.2, 0.25) is 6.29 Å². The fourth-order valence-electron chi connectivity index (χ4n) is 4.99. The van der Waals surface area contributed by atoms with Crippen LogP contribution >= 0.6 is 0 Å². The van der Waals surface area contributed by atoms with Crippen LogP contribution in [0.2, 0.25) is 0 Å². The lowest BCUT2D eigenvalue weighted by molar-refractivity contribution is -0.323. The van der Waals surface area contributed by atoms with E-state index in [1.807, 2.05) is 0 Å². The number of aliphatic hydroxyl groups is 7. The summed E-state index contributed by atoms with van der Waals surface area (Å²) in [6.07, 6.45) is -16.5. The SMILES string of the molecule is Cc1cc(O)c2c(O)c3c(O[C@@H]4O[C@H](CO[C@@H]5O[C@H](CO)[C@@H](O)[C@H](O)[C@H]5O)[C@@H](O)[C@H](O)[C@H]4O)cc(=O)cc3cc2o1. The van der Waals surface area contributed by atoms with Crippen LogP contribution in [0.4, 0.5) is 0 Å². The number of hydrogen-bond donors (Lipinski definition) is 9. The Kier molecular flexibility index (Phi) is 8.10. The zero-order valence-electron chi connectivity index (χ0n) is 21.5. The van der Waals surface area contributed by atoms with Gasteiger partial charge in [0.05, 0.1) is 18.6 Å². The van der Waals surface area contributed by atoms with Crippen molar-refractivity contribution < 1.29 is 69.3 Å². The number of hydrogen-bond acceptors (Lipinski definition) is 15. The molecule has 224 valence electrons. The van der Waals surface area contributed by atoms with Gasteiger partial charge < -0.3 is 69.3 Å². The molecule has 15 heteroatoms. The van der Waals surface area contributed by atoms with Gasteiger partial charge >= 0.3 is 0 Å². The van der Waals surface area contributed by atoms with Crippen LogP contribution in [0.25, 0.3) is 21.7 Å². The second-order valence-corrected chi connectivity index (χ2v) is 10.0. The largest absolute Gasteiger partial charge is 0.507 e. The van der Waals surface area contributed by atoms with Crippen molar-refractivity contribution in [3.05, 3.63) is 40.2 Å². The first-order chi connectivity index (χ1) is 19.4. The molecule has 9 N–H and O–H groups in total. The molecule has 0 bridgehead atoms. The Bertz CT molecular complexity index is 1470. The third kappa shape index (κ3) is 5.32. The molecule has 0 spiro atoms. The van der Waals surface area contributed by atoms with E-state index in [9.17, 15) is 50.8 Å². The van der Waals surface area contributed by atoms with E-state index in [0.29, 0.717) is 5.76 Å². The van der Waals surface area contributed by atoms with Crippen LogP contribution < -0.4 is 10.2 Å². The standard InChI is InChI=1S/C26H30O15/c1-8-2-11(29)17-12(38-8)4-9-3-10(28)5-13(16(9)20(17)32)39-26-24(36)22(34)19(31)15(41-26)7-37-25-23(35)21(33)18(30)14(6-27)40-25/h2-5,14-15,18-19,21-27,29-36H,6-7H2,1H3/t14-,15-,18-,19-,21+,22+,23-,24-,25-,26-/m1/s1. The Morgan fingerprint density at radius 1 is 0.780 bits per heavy atom. The molecule has 3 heterocycles. The molecule has 0 radical (unpaired) electrons. The highest BCUT2D eigenvalue weighted by atomic mass is 16.7. The van der Waals surface area contributed by atoms with Gasteiger partial charge in [-0.2, -0.15) is 0 Å². The molecule has 2 aromatic carbocycles.